The van der Waals surface area contributed by atoms with Crippen LogP contribution < -0.4 is 11.5 Å². The van der Waals surface area contributed by atoms with Gasteiger partial charge in [0.25, 0.3) is 0 Å². The predicted octanol–water partition coefficient (Wildman–Crippen LogP) is 1.02. The second kappa shape index (κ2) is 3.32. The van der Waals surface area contributed by atoms with Crippen LogP contribution in [0, 0.1) is 0 Å². The van der Waals surface area contributed by atoms with Crippen molar-refractivity contribution >= 4 is 23.1 Å². The first-order valence-electron chi connectivity index (χ1n) is 3.18. The van der Waals surface area contributed by atoms with Crippen LogP contribution in [0.5, 0.6) is 0 Å². The lowest BCUT2D eigenvalue weighted by atomic mass is 10.1. The molecule has 0 saturated carbocycles. The average molecular weight is 186 g/mol. The Balaban J connectivity index is 3.31. The third kappa shape index (κ3) is 1.43. The monoisotopic (exact) mass is 185 g/mol. The van der Waals surface area contributed by atoms with E-state index in [-0.39, 0.29) is 5.84 Å². The van der Waals surface area contributed by atoms with Gasteiger partial charge in [-0.05, 0) is 12.1 Å². The SMILES string of the molecule is N/C(=N/O)c1c(N)cccc1Cl. The van der Waals surface area contributed by atoms with E-state index in [1.54, 1.807) is 18.2 Å². The maximum atomic E-state index is 8.39. The van der Waals surface area contributed by atoms with Crippen molar-refractivity contribution < 1.29 is 5.21 Å². The molecule has 0 aliphatic rings. The van der Waals surface area contributed by atoms with Crippen LogP contribution in [0.3, 0.4) is 0 Å². The van der Waals surface area contributed by atoms with E-state index >= 15 is 0 Å². The maximum Gasteiger partial charge on any atom is 0.173 e. The molecule has 1 aromatic rings. The minimum Gasteiger partial charge on any atom is -0.409 e. The van der Waals surface area contributed by atoms with Crippen molar-refractivity contribution in [2.24, 2.45) is 10.9 Å². The van der Waals surface area contributed by atoms with Gasteiger partial charge in [0.1, 0.15) is 0 Å². The molecule has 0 unspecified atom stereocenters. The number of hydrogen-bond acceptors (Lipinski definition) is 3. The summed E-state index contributed by atoms with van der Waals surface area (Å²) in [7, 11) is 0. The first kappa shape index (κ1) is 8.67. The molecule has 0 fully saturated rings. The Morgan fingerprint density at radius 1 is 1.50 bits per heavy atom. The number of nitrogen functional groups attached to an aromatic ring is 1. The summed E-state index contributed by atoms with van der Waals surface area (Å²) >= 11 is 5.75. The first-order valence-corrected chi connectivity index (χ1v) is 3.56. The zero-order valence-electron chi connectivity index (χ0n) is 6.16. The van der Waals surface area contributed by atoms with E-state index in [1.807, 2.05) is 0 Å². The van der Waals surface area contributed by atoms with Gasteiger partial charge in [0.2, 0.25) is 0 Å². The van der Waals surface area contributed by atoms with Crippen molar-refractivity contribution in [3.8, 4) is 0 Å². The quantitative estimate of drug-likeness (QED) is 0.201. The fourth-order valence-electron chi connectivity index (χ4n) is 0.861. The number of hydrogen-bond donors (Lipinski definition) is 3. The van der Waals surface area contributed by atoms with Crippen LogP contribution in [0.15, 0.2) is 23.4 Å². The number of nitrogens with two attached hydrogens (primary N) is 2. The highest BCUT2D eigenvalue weighted by atomic mass is 35.5. The molecule has 0 aliphatic heterocycles. The van der Waals surface area contributed by atoms with Gasteiger partial charge in [-0.1, -0.05) is 22.8 Å². The summed E-state index contributed by atoms with van der Waals surface area (Å²) in [6, 6.07) is 4.93. The van der Waals surface area contributed by atoms with E-state index < -0.39 is 0 Å². The van der Waals surface area contributed by atoms with Crippen LogP contribution in [-0.2, 0) is 0 Å². The molecule has 0 heterocycles. The minimum absolute atomic E-state index is 0.0851. The predicted molar refractivity (Wildman–Crippen MR) is 48.4 cm³/mol. The van der Waals surface area contributed by atoms with E-state index in [0.717, 1.165) is 0 Å². The Morgan fingerprint density at radius 3 is 2.67 bits per heavy atom. The molecule has 5 heteroatoms. The second-order valence-electron chi connectivity index (χ2n) is 2.19. The molecule has 0 aromatic heterocycles. The molecule has 0 atom stereocenters. The van der Waals surface area contributed by atoms with E-state index in [9.17, 15) is 0 Å². The molecule has 1 rings (SSSR count). The van der Waals surface area contributed by atoms with Crippen LogP contribution >= 0.6 is 11.6 Å². The van der Waals surface area contributed by atoms with Crippen LogP contribution in [-0.4, -0.2) is 11.0 Å². The Kier molecular flexibility index (Phi) is 2.40. The molecule has 1 aromatic carbocycles. The molecule has 5 N–H and O–H groups in total. The van der Waals surface area contributed by atoms with Gasteiger partial charge in [0, 0.05) is 5.69 Å². The smallest absolute Gasteiger partial charge is 0.173 e. The highest BCUT2D eigenvalue weighted by Gasteiger charge is 2.08. The molecule has 0 saturated heterocycles. The summed E-state index contributed by atoms with van der Waals surface area (Å²) in [6.45, 7) is 0. The van der Waals surface area contributed by atoms with Crippen LogP contribution in [0.25, 0.3) is 0 Å². The van der Waals surface area contributed by atoms with Crippen molar-refractivity contribution in [2.45, 2.75) is 0 Å². The van der Waals surface area contributed by atoms with Crippen molar-refractivity contribution in [3.05, 3.63) is 28.8 Å². The van der Waals surface area contributed by atoms with E-state index in [0.29, 0.717) is 16.3 Å². The maximum absolute atomic E-state index is 8.39. The van der Waals surface area contributed by atoms with Gasteiger partial charge in [0.05, 0.1) is 10.6 Å². The number of halogens is 1. The van der Waals surface area contributed by atoms with Crippen molar-refractivity contribution in [1.29, 1.82) is 0 Å². The molecule has 12 heavy (non-hydrogen) atoms. The van der Waals surface area contributed by atoms with Crippen LogP contribution in [0.4, 0.5) is 5.69 Å². The number of nitrogens with zero attached hydrogens (tertiary/aromatic N) is 1. The largest absolute Gasteiger partial charge is 0.409 e. The van der Waals surface area contributed by atoms with Gasteiger partial charge >= 0.3 is 0 Å². The number of rotatable bonds is 1. The van der Waals surface area contributed by atoms with E-state index in [2.05, 4.69) is 5.16 Å². The molecule has 64 valence electrons. The van der Waals surface area contributed by atoms with Gasteiger partial charge in [0.15, 0.2) is 5.84 Å². The zero-order valence-corrected chi connectivity index (χ0v) is 6.92. The summed E-state index contributed by atoms with van der Waals surface area (Å²) in [6.07, 6.45) is 0. The van der Waals surface area contributed by atoms with Gasteiger partial charge in [-0.25, -0.2) is 0 Å². The summed E-state index contributed by atoms with van der Waals surface area (Å²) < 4.78 is 0. The molecule has 0 aliphatic carbocycles. The summed E-state index contributed by atoms with van der Waals surface area (Å²) in [5.74, 6) is -0.0851. The summed E-state index contributed by atoms with van der Waals surface area (Å²) in [4.78, 5) is 0. The van der Waals surface area contributed by atoms with E-state index in [1.165, 1.54) is 0 Å². The molecule has 0 spiro atoms. The Bertz CT molecular complexity index is 304. The number of anilines is 1. The zero-order chi connectivity index (χ0) is 9.14. The first-order chi connectivity index (χ1) is 5.66. The van der Waals surface area contributed by atoms with Crippen molar-refractivity contribution in [2.75, 3.05) is 5.73 Å². The topological polar surface area (TPSA) is 84.6 Å². The molecule has 4 nitrogen and oxygen atoms in total. The third-order valence-corrected chi connectivity index (χ3v) is 1.72. The Labute approximate surface area is 74.4 Å². The lowest BCUT2D eigenvalue weighted by Crippen LogP contribution is -2.15. The molecule has 0 bridgehead atoms. The van der Waals surface area contributed by atoms with Gasteiger partial charge < -0.3 is 16.7 Å². The molecular formula is C7H8ClN3O. The standard InChI is InChI=1S/C7H8ClN3O/c8-4-2-1-3-5(9)6(4)7(10)11-12/h1-3,12H,9H2,(H2,10,11). The molecule has 0 radical (unpaired) electrons. The van der Waals surface area contributed by atoms with Crippen molar-refractivity contribution in [1.82, 2.24) is 0 Å². The lowest BCUT2D eigenvalue weighted by molar-refractivity contribution is 0.318. The van der Waals surface area contributed by atoms with Gasteiger partial charge in [-0.3, -0.25) is 0 Å². The van der Waals surface area contributed by atoms with Crippen molar-refractivity contribution in [3.63, 3.8) is 0 Å². The van der Waals surface area contributed by atoms with Crippen LogP contribution in [0.2, 0.25) is 5.02 Å². The molecule has 0 amide bonds. The average Bonchev–Trinajstić information content (AvgIpc) is 2.03. The third-order valence-electron chi connectivity index (χ3n) is 1.41. The number of benzene rings is 1. The summed E-state index contributed by atoms with van der Waals surface area (Å²) in [5.41, 5.74) is 11.6. The summed E-state index contributed by atoms with van der Waals surface area (Å²) in [5, 5.41) is 11.6. The minimum atomic E-state index is -0.0851. The highest BCUT2D eigenvalue weighted by Crippen LogP contribution is 2.20. The van der Waals surface area contributed by atoms with Crippen LogP contribution in [0.1, 0.15) is 5.56 Å². The Morgan fingerprint density at radius 2 is 2.17 bits per heavy atom. The number of amidine groups is 1. The normalized spacial score (nSPS) is 11.6. The fourth-order valence-corrected chi connectivity index (χ4v) is 1.14. The second-order valence-corrected chi connectivity index (χ2v) is 2.60. The lowest BCUT2D eigenvalue weighted by Gasteiger charge is -2.04. The molecular weight excluding hydrogens is 178 g/mol. The van der Waals surface area contributed by atoms with Gasteiger partial charge in [-0.2, -0.15) is 0 Å². The Hall–Kier alpha value is -1.42. The number of oxime groups is 1. The van der Waals surface area contributed by atoms with E-state index in [4.69, 9.17) is 28.3 Å². The highest BCUT2D eigenvalue weighted by molar-refractivity contribution is 6.34. The fraction of sp³-hybridized carbons (Fsp3) is 0. The van der Waals surface area contributed by atoms with Gasteiger partial charge in [-0.15, -0.1) is 0 Å².